The Morgan fingerprint density at radius 2 is 1.37 bits per heavy atom. The maximum absolute atomic E-state index is 10.2. The minimum absolute atomic E-state index is 0.640. The lowest BCUT2D eigenvalue weighted by atomic mass is 10.2. The average molecular weight is 352 g/mol. The van der Waals surface area contributed by atoms with Crippen molar-refractivity contribution in [1.29, 1.82) is 0 Å². The fraction of sp³-hybridized carbons (Fsp3) is 0.250. The van der Waals surface area contributed by atoms with E-state index in [9.17, 15) is 9.13 Å². The molecule has 0 radical (unpaired) electrons. The van der Waals surface area contributed by atoms with Crippen LogP contribution in [-0.2, 0) is 15.7 Å². The third-order valence-electron chi connectivity index (χ3n) is 1.78. The average Bonchev–Trinajstić information content (AvgIpc) is 2.28. The molecule has 0 aromatic heterocycles. The number of alkyl halides is 2. The van der Waals surface area contributed by atoms with E-state index in [1.807, 2.05) is 30.3 Å². The molecular weight excluding hydrogens is 339 g/mol. The van der Waals surface area contributed by atoms with Crippen LogP contribution >= 0.6 is 38.4 Å². The number of hydrogen-bond donors (Lipinski definition) is 5. The molecule has 19 heavy (non-hydrogen) atoms. The van der Waals surface area contributed by atoms with Gasteiger partial charge in [0, 0.05) is 6.54 Å². The molecule has 0 atom stereocenters. The molecule has 0 aliphatic heterocycles. The van der Waals surface area contributed by atoms with Crippen molar-refractivity contribution >= 4 is 38.4 Å². The van der Waals surface area contributed by atoms with Crippen molar-refractivity contribution in [2.75, 3.05) is 0 Å². The third-order valence-corrected chi connectivity index (χ3v) is 7.39. The number of nitrogens with two attached hydrogens (primary N) is 1. The van der Waals surface area contributed by atoms with Crippen molar-refractivity contribution in [2.45, 2.75) is 10.4 Å². The highest BCUT2D eigenvalue weighted by atomic mass is 35.5. The van der Waals surface area contributed by atoms with Crippen LogP contribution < -0.4 is 5.73 Å². The summed E-state index contributed by atoms with van der Waals surface area (Å²) in [5.74, 6) is 0. The molecule has 0 unspecified atom stereocenters. The number of rotatable bonds is 3. The van der Waals surface area contributed by atoms with E-state index in [0.717, 1.165) is 0 Å². The maximum atomic E-state index is 10.2. The van der Waals surface area contributed by atoms with Crippen molar-refractivity contribution in [2.24, 2.45) is 5.73 Å². The smallest absolute Gasteiger partial charge is 0.326 e. The van der Waals surface area contributed by atoms with E-state index in [4.69, 9.17) is 48.5 Å². The van der Waals surface area contributed by atoms with E-state index in [2.05, 4.69) is 0 Å². The summed E-state index contributed by atoms with van der Waals surface area (Å²) in [6, 6.07) is 9.99. The molecule has 1 aromatic carbocycles. The van der Waals surface area contributed by atoms with Crippen LogP contribution in [0.15, 0.2) is 30.3 Å². The summed E-state index contributed by atoms with van der Waals surface area (Å²) in [6.45, 7) is 0.640. The molecule has 0 spiro atoms. The lowest BCUT2D eigenvalue weighted by Crippen LogP contribution is -2.13. The first-order chi connectivity index (χ1) is 8.43. The maximum Gasteiger partial charge on any atom is 0.373 e. The molecule has 0 aliphatic rings. The molecule has 0 heterocycles. The first-order valence-electron chi connectivity index (χ1n) is 4.66. The zero-order chi connectivity index (χ0) is 15.3. The Hall–Kier alpha value is 0.0600. The molecule has 11 heteroatoms. The Bertz CT molecular complexity index is 461. The van der Waals surface area contributed by atoms with Crippen LogP contribution in [0.25, 0.3) is 0 Å². The van der Waals surface area contributed by atoms with Gasteiger partial charge in [-0.2, -0.15) is 0 Å². The molecule has 0 saturated heterocycles. The summed E-state index contributed by atoms with van der Waals surface area (Å²) in [5, 5.41) is 0. The number of hydrogen-bond acceptors (Lipinski definition) is 3. The molecule has 0 amide bonds. The lowest BCUT2D eigenvalue weighted by molar-refractivity contribution is 0.345. The summed E-state index contributed by atoms with van der Waals surface area (Å²) >= 11 is 9.46. The summed E-state index contributed by atoms with van der Waals surface area (Å²) in [7, 11) is -10.4. The monoisotopic (exact) mass is 351 g/mol. The van der Waals surface area contributed by atoms with Gasteiger partial charge < -0.3 is 25.3 Å². The Balaban J connectivity index is 0.000000356. The van der Waals surface area contributed by atoms with E-state index in [1.165, 1.54) is 5.56 Å². The summed E-state index contributed by atoms with van der Waals surface area (Å²) < 4.78 is 17.1. The van der Waals surface area contributed by atoms with E-state index < -0.39 is 19.0 Å². The molecule has 1 rings (SSSR count). The Morgan fingerprint density at radius 1 is 1.00 bits per heavy atom. The second-order valence-corrected chi connectivity index (χ2v) is 9.54. The number of benzene rings is 1. The van der Waals surface area contributed by atoms with Crippen LogP contribution in [0.1, 0.15) is 5.56 Å². The van der Waals surface area contributed by atoms with Crippen LogP contribution in [0, 0.1) is 0 Å². The minimum Gasteiger partial charge on any atom is -0.326 e. The summed E-state index contributed by atoms with van der Waals surface area (Å²) in [4.78, 5) is 32.9. The van der Waals surface area contributed by atoms with Gasteiger partial charge in [-0.1, -0.05) is 53.5 Å². The summed E-state index contributed by atoms with van der Waals surface area (Å²) in [6.07, 6.45) is 0. The fourth-order valence-corrected chi connectivity index (χ4v) is 2.14. The van der Waals surface area contributed by atoms with Crippen LogP contribution in [0.4, 0.5) is 0 Å². The van der Waals surface area contributed by atoms with Gasteiger partial charge in [0.05, 0.1) is 0 Å². The van der Waals surface area contributed by atoms with Crippen molar-refractivity contribution in [3.8, 4) is 0 Å². The molecule has 6 N–H and O–H groups in total. The van der Waals surface area contributed by atoms with Crippen molar-refractivity contribution in [3.05, 3.63) is 35.9 Å². The van der Waals surface area contributed by atoms with Crippen molar-refractivity contribution < 1.29 is 28.7 Å². The first-order valence-corrected chi connectivity index (χ1v) is 8.64. The molecule has 110 valence electrons. The normalized spacial score (nSPS) is 12.6. The second-order valence-electron chi connectivity index (χ2n) is 3.29. The van der Waals surface area contributed by atoms with E-state index in [-0.39, 0.29) is 0 Å². The van der Waals surface area contributed by atoms with Crippen molar-refractivity contribution in [3.63, 3.8) is 0 Å². The van der Waals surface area contributed by atoms with E-state index in [1.54, 1.807) is 0 Å². The largest absolute Gasteiger partial charge is 0.373 e. The predicted octanol–water partition coefficient (Wildman–Crippen LogP) is 1.58. The van der Waals surface area contributed by atoms with Gasteiger partial charge in [0.25, 0.3) is 0 Å². The Labute approximate surface area is 119 Å². The zero-order valence-corrected chi connectivity index (χ0v) is 12.7. The molecule has 1 aromatic rings. The van der Waals surface area contributed by atoms with Crippen LogP contribution in [0.5, 0.6) is 0 Å². The van der Waals surface area contributed by atoms with Gasteiger partial charge in [0.2, 0.25) is 0 Å². The predicted molar refractivity (Wildman–Crippen MR) is 72.9 cm³/mol. The zero-order valence-electron chi connectivity index (χ0n) is 9.43. The molecule has 7 nitrogen and oxygen atoms in total. The van der Waals surface area contributed by atoms with Gasteiger partial charge in [-0.05, 0) is 5.56 Å². The van der Waals surface area contributed by atoms with Gasteiger partial charge in [0.1, 0.15) is 0 Å². The fourth-order valence-electron chi connectivity index (χ4n) is 0.784. The second kappa shape index (κ2) is 7.18. The first kappa shape index (κ1) is 19.1. The quantitative estimate of drug-likeness (QED) is 0.411. The summed E-state index contributed by atoms with van der Waals surface area (Å²) in [5.41, 5.74) is 6.54. The van der Waals surface area contributed by atoms with Gasteiger partial charge >= 0.3 is 19.0 Å². The van der Waals surface area contributed by atoms with Crippen LogP contribution in [0.2, 0.25) is 0 Å². The van der Waals surface area contributed by atoms with E-state index >= 15 is 0 Å². The van der Waals surface area contributed by atoms with E-state index in [0.29, 0.717) is 6.54 Å². The van der Waals surface area contributed by atoms with Gasteiger partial charge in [0.15, 0.2) is 0 Å². The van der Waals surface area contributed by atoms with Crippen molar-refractivity contribution in [1.82, 2.24) is 0 Å². The lowest BCUT2D eigenvalue weighted by Gasteiger charge is -2.20. The highest BCUT2D eigenvalue weighted by Crippen LogP contribution is 2.73. The van der Waals surface area contributed by atoms with Gasteiger partial charge in [-0.25, -0.2) is 0 Å². The van der Waals surface area contributed by atoms with Crippen LogP contribution in [0.3, 0.4) is 0 Å². The van der Waals surface area contributed by atoms with Gasteiger partial charge in [-0.15, -0.1) is 0 Å². The number of halogens is 2. The SMILES string of the molecule is NCc1ccccc1.O=P(O)(O)C(Cl)(Cl)P(=O)(O)O. The molecule has 0 saturated carbocycles. The molecule has 0 bridgehead atoms. The molecular formula is C8H13Cl2NO6P2. The van der Waals surface area contributed by atoms with Gasteiger partial charge in [-0.3, -0.25) is 9.13 Å². The standard InChI is InChI=1S/C7H9N.CH4Cl2O6P2/c8-6-7-4-2-1-3-5-7;2-1(3,10(4,5)6)11(7,8)9/h1-5H,6,8H2;(H2,4,5,6)(H2,7,8,9). The third kappa shape index (κ3) is 5.92. The Kier molecular flexibility index (Phi) is 7.20. The molecule has 0 aliphatic carbocycles. The Morgan fingerprint density at radius 3 is 1.53 bits per heavy atom. The topological polar surface area (TPSA) is 141 Å². The van der Waals surface area contributed by atoms with Crippen LogP contribution in [-0.4, -0.2) is 23.4 Å². The minimum atomic E-state index is -5.22. The molecule has 0 fully saturated rings. The highest BCUT2D eigenvalue weighted by Gasteiger charge is 2.58. The highest BCUT2D eigenvalue weighted by molar-refractivity contribution is 7.78.